The summed E-state index contributed by atoms with van der Waals surface area (Å²) in [6, 6.07) is 18.2. The standard InChI is InChI=1S/C11H16NOP.C10H14NOP/c1-11(2)12(14)8-10(13-11)9-6-4-3-5-7-9;1-2-10(12)7-8-3-5-9(11-13)6-4-8/h3-7,10H,8,14H2,1-2H3;3-6,11H,2,7,13H2,1H3. The van der Waals surface area contributed by atoms with E-state index < -0.39 is 0 Å². The molecule has 2 aromatic rings. The highest BCUT2D eigenvalue weighted by Crippen LogP contribution is 2.37. The number of ether oxygens (including phenoxy) is 1. The second kappa shape index (κ2) is 10.3. The molecular weight excluding hydrogens is 374 g/mol. The molecule has 0 aromatic heterocycles. The highest BCUT2D eigenvalue weighted by Gasteiger charge is 2.37. The van der Waals surface area contributed by atoms with Crippen molar-refractivity contribution in [2.75, 3.05) is 11.6 Å². The monoisotopic (exact) mass is 404 g/mol. The molecule has 1 aliphatic rings. The second-order valence-corrected chi connectivity index (χ2v) is 7.94. The summed E-state index contributed by atoms with van der Waals surface area (Å²) in [7, 11) is 5.16. The molecule has 2 aromatic carbocycles. The average Bonchev–Trinajstić information content (AvgIpc) is 2.96. The number of Topliss-reactive ketones (excluding diaryl/α,β-unsaturated/α-hetero) is 1. The molecule has 1 heterocycles. The first kappa shape index (κ1) is 22.0. The molecule has 1 saturated heterocycles. The molecule has 1 aliphatic heterocycles. The molecule has 0 saturated carbocycles. The van der Waals surface area contributed by atoms with Gasteiger partial charge in [-0.3, -0.25) is 9.46 Å². The van der Waals surface area contributed by atoms with Crippen molar-refractivity contribution in [2.24, 2.45) is 0 Å². The summed E-state index contributed by atoms with van der Waals surface area (Å²) < 4.78 is 8.11. The van der Waals surface area contributed by atoms with Crippen molar-refractivity contribution in [3.05, 3.63) is 65.7 Å². The Morgan fingerprint density at radius 1 is 1.19 bits per heavy atom. The summed E-state index contributed by atoms with van der Waals surface area (Å²) in [5, 5.41) is 2.95. The third-order valence-corrected chi connectivity index (χ3v) is 5.74. The van der Waals surface area contributed by atoms with Crippen LogP contribution in [0, 0.1) is 0 Å². The first-order valence-electron chi connectivity index (χ1n) is 9.18. The fraction of sp³-hybridized carbons (Fsp3) is 0.381. The van der Waals surface area contributed by atoms with Crippen LogP contribution in [0.15, 0.2) is 54.6 Å². The quantitative estimate of drug-likeness (QED) is 0.713. The van der Waals surface area contributed by atoms with Crippen molar-refractivity contribution in [1.29, 1.82) is 0 Å². The van der Waals surface area contributed by atoms with Crippen LogP contribution in [0.2, 0.25) is 0 Å². The molecule has 0 aliphatic carbocycles. The van der Waals surface area contributed by atoms with Crippen LogP contribution in [0.3, 0.4) is 0 Å². The summed E-state index contributed by atoms with van der Waals surface area (Å²) in [5.74, 6) is 0.284. The predicted octanol–water partition coefficient (Wildman–Crippen LogP) is 5.00. The number of hydrogen-bond acceptors (Lipinski definition) is 4. The van der Waals surface area contributed by atoms with Crippen molar-refractivity contribution in [3.8, 4) is 0 Å². The number of ketones is 1. The number of nitrogens with one attached hydrogen (secondary N) is 1. The van der Waals surface area contributed by atoms with E-state index in [2.05, 4.69) is 66.7 Å². The number of carbonyl (C=O) groups is 1. The number of nitrogens with zero attached hydrogens (tertiary/aromatic N) is 1. The SMILES string of the molecule is CC1(C)OC(c2ccccc2)CN1P.CCC(=O)Cc1ccc(NP)cc1. The summed E-state index contributed by atoms with van der Waals surface area (Å²) in [5.41, 5.74) is 3.20. The normalized spacial score (nSPS) is 18.5. The largest absolute Gasteiger partial charge is 0.369 e. The number of hydrogen-bond donors (Lipinski definition) is 1. The summed E-state index contributed by atoms with van der Waals surface area (Å²) >= 11 is 0. The Morgan fingerprint density at radius 2 is 1.81 bits per heavy atom. The molecule has 1 N–H and O–H groups in total. The minimum Gasteiger partial charge on any atom is -0.369 e. The predicted molar refractivity (Wildman–Crippen MR) is 120 cm³/mol. The molecule has 6 heteroatoms. The number of anilines is 1. The lowest BCUT2D eigenvalue weighted by atomic mass is 10.1. The number of carbonyl (C=O) groups excluding carboxylic acids is 1. The molecule has 0 spiro atoms. The molecule has 3 rings (SSSR count). The van der Waals surface area contributed by atoms with Gasteiger partial charge in [-0.25, -0.2) is 0 Å². The minimum atomic E-state index is -0.175. The van der Waals surface area contributed by atoms with Crippen molar-refractivity contribution in [3.63, 3.8) is 0 Å². The topological polar surface area (TPSA) is 41.6 Å². The van der Waals surface area contributed by atoms with Crippen LogP contribution < -0.4 is 5.09 Å². The zero-order chi connectivity index (χ0) is 19.9. The van der Waals surface area contributed by atoms with Gasteiger partial charge in [-0.15, -0.1) is 0 Å². The van der Waals surface area contributed by atoms with Gasteiger partial charge in [0.25, 0.3) is 0 Å². The summed E-state index contributed by atoms with van der Waals surface area (Å²) in [6.07, 6.45) is 1.36. The number of rotatable bonds is 5. The van der Waals surface area contributed by atoms with E-state index in [0.717, 1.165) is 17.8 Å². The van der Waals surface area contributed by atoms with Gasteiger partial charge in [-0.05, 0) is 46.5 Å². The first-order chi connectivity index (χ1) is 12.9. The van der Waals surface area contributed by atoms with Crippen LogP contribution in [0.5, 0.6) is 0 Å². The Balaban J connectivity index is 0.000000194. The maximum atomic E-state index is 11.1. The third kappa shape index (κ3) is 6.66. The van der Waals surface area contributed by atoms with Crippen LogP contribution >= 0.6 is 18.8 Å². The fourth-order valence-electron chi connectivity index (χ4n) is 2.76. The van der Waals surface area contributed by atoms with Gasteiger partial charge in [0.05, 0.1) is 6.10 Å². The molecule has 3 atom stereocenters. The molecule has 1 fully saturated rings. The van der Waals surface area contributed by atoms with E-state index in [-0.39, 0.29) is 17.6 Å². The number of benzene rings is 2. The van der Waals surface area contributed by atoms with Crippen molar-refractivity contribution >= 4 is 30.3 Å². The van der Waals surface area contributed by atoms with Crippen LogP contribution in [-0.2, 0) is 16.0 Å². The average molecular weight is 404 g/mol. The fourth-order valence-corrected chi connectivity index (χ4v) is 3.21. The Hall–Kier alpha value is -1.31. The molecule has 0 bridgehead atoms. The van der Waals surface area contributed by atoms with Crippen LogP contribution in [0.1, 0.15) is 44.4 Å². The molecular formula is C21H30N2O2P2. The Labute approximate surface area is 167 Å². The minimum absolute atomic E-state index is 0.175. The first-order valence-corrected chi connectivity index (χ1v) is 10.3. The lowest BCUT2D eigenvalue weighted by Gasteiger charge is -2.25. The zero-order valence-electron chi connectivity index (χ0n) is 16.3. The summed E-state index contributed by atoms with van der Waals surface area (Å²) in [4.78, 5) is 11.1. The Bertz CT molecular complexity index is 721. The lowest BCUT2D eigenvalue weighted by molar-refractivity contribution is -0.118. The van der Waals surface area contributed by atoms with E-state index in [9.17, 15) is 4.79 Å². The molecule has 0 radical (unpaired) electrons. The highest BCUT2D eigenvalue weighted by molar-refractivity contribution is 7.18. The maximum Gasteiger partial charge on any atom is 0.136 e. The lowest BCUT2D eigenvalue weighted by Crippen LogP contribution is -2.31. The van der Waals surface area contributed by atoms with E-state index in [1.54, 1.807) is 0 Å². The third-order valence-electron chi connectivity index (χ3n) is 4.57. The molecule has 0 amide bonds. The van der Waals surface area contributed by atoms with E-state index in [0.29, 0.717) is 12.8 Å². The summed E-state index contributed by atoms with van der Waals surface area (Å²) in [6.45, 7) is 6.99. The van der Waals surface area contributed by atoms with E-state index >= 15 is 0 Å². The molecule has 27 heavy (non-hydrogen) atoms. The van der Waals surface area contributed by atoms with Gasteiger partial charge in [-0.1, -0.05) is 58.8 Å². The van der Waals surface area contributed by atoms with E-state index in [1.165, 1.54) is 5.56 Å². The van der Waals surface area contributed by atoms with Gasteiger partial charge in [0.15, 0.2) is 0 Å². The van der Waals surface area contributed by atoms with Gasteiger partial charge >= 0.3 is 0 Å². The van der Waals surface area contributed by atoms with Crippen LogP contribution in [0.25, 0.3) is 0 Å². The van der Waals surface area contributed by atoms with Crippen LogP contribution in [-0.4, -0.2) is 22.7 Å². The molecule has 3 unspecified atom stereocenters. The molecule has 4 nitrogen and oxygen atoms in total. The van der Waals surface area contributed by atoms with Gasteiger partial charge in [0.1, 0.15) is 11.5 Å². The van der Waals surface area contributed by atoms with Crippen molar-refractivity contribution < 1.29 is 9.53 Å². The van der Waals surface area contributed by atoms with E-state index in [4.69, 9.17) is 4.74 Å². The van der Waals surface area contributed by atoms with Crippen LogP contribution in [0.4, 0.5) is 5.69 Å². The van der Waals surface area contributed by atoms with Gasteiger partial charge in [0, 0.05) is 25.1 Å². The Kier molecular flexibility index (Phi) is 8.38. The van der Waals surface area contributed by atoms with Gasteiger partial charge in [-0.2, -0.15) is 0 Å². The van der Waals surface area contributed by atoms with Crippen molar-refractivity contribution in [2.45, 2.75) is 45.4 Å². The van der Waals surface area contributed by atoms with Gasteiger partial charge in [0.2, 0.25) is 0 Å². The maximum absolute atomic E-state index is 11.1. The van der Waals surface area contributed by atoms with Gasteiger partial charge < -0.3 is 9.82 Å². The Morgan fingerprint density at radius 3 is 2.30 bits per heavy atom. The van der Waals surface area contributed by atoms with Crippen molar-refractivity contribution in [1.82, 2.24) is 4.67 Å². The second-order valence-electron chi connectivity index (χ2n) is 7.03. The molecule has 146 valence electrons. The van der Waals surface area contributed by atoms with E-state index in [1.807, 2.05) is 37.3 Å². The zero-order valence-corrected chi connectivity index (χ0v) is 18.6. The smallest absolute Gasteiger partial charge is 0.136 e. The highest BCUT2D eigenvalue weighted by atomic mass is 31.0.